The molecule has 0 unspecified atom stereocenters. The predicted octanol–water partition coefficient (Wildman–Crippen LogP) is 4.68. The second kappa shape index (κ2) is 8.75. The first kappa shape index (κ1) is 20.6. The van der Waals surface area contributed by atoms with Gasteiger partial charge in [0.1, 0.15) is 5.75 Å². The number of nitrogens with zero attached hydrogens (tertiary/aromatic N) is 1. The molecule has 0 spiro atoms. The number of halogens is 2. The van der Waals surface area contributed by atoms with E-state index >= 15 is 0 Å². The molecule has 0 aliphatic rings. The Kier molecular flexibility index (Phi) is 6.92. The first-order chi connectivity index (χ1) is 12.2. The lowest BCUT2D eigenvalue weighted by Crippen LogP contribution is -2.41. The SMILES string of the molecule is CC(C)N(CCS(=O)(=O)c1ccc(Cl)c(Cl)c1)C(=O)Oc1ccccc1. The van der Waals surface area contributed by atoms with E-state index in [1.165, 1.54) is 23.1 Å². The summed E-state index contributed by atoms with van der Waals surface area (Å²) in [6.07, 6.45) is -0.601. The summed E-state index contributed by atoms with van der Waals surface area (Å²) in [5.74, 6) is 0.142. The van der Waals surface area contributed by atoms with Crippen molar-refractivity contribution in [2.24, 2.45) is 0 Å². The molecule has 0 radical (unpaired) electrons. The van der Waals surface area contributed by atoms with Gasteiger partial charge in [0.15, 0.2) is 9.84 Å². The van der Waals surface area contributed by atoms with Gasteiger partial charge in [-0.25, -0.2) is 13.2 Å². The van der Waals surface area contributed by atoms with Crippen molar-refractivity contribution in [3.63, 3.8) is 0 Å². The van der Waals surface area contributed by atoms with Crippen LogP contribution < -0.4 is 4.74 Å². The van der Waals surface area contributed by atoms with E-state index in [2.05, 4.69) is 0 Å². The normalized spacial score (nSPS) is 11.4. The average molecular weight is 416 g/mol. The molecule has 2 aromatic carbocycles. The summed E-state index contributed by atoms with van der Waals surface area (Å²) >= 11 is 11.7. The zero-order chi connectivity index (χ0) is 19.3. The number of para-hydroxylation sites is 1. The minimum absolute atomic E-state index is 0.00802. The molecule has 0 bridgehead atoms. The molecule has 5 nitrogen and oxygen atoms in total. The summed E-state index contributed by atoms with van der Waals surface area (Å²) < 4.78 is 30.3. The number of hydrogen-bond donors (Lipinski definition) is 0. The quantitative estimate of drug-likeness (QED) is 0.686. The van der Waals surface area contributed by atoms with Gasteiger partial charge in [-0.1, -0.05) is 41.4 Å². The Morgan fingerprint density at radius 2 is 1.73 bits per heavy atom. The van der Waals surface area contributed by atoms with E-state index in [9.17, 15) is 13.2 Å². The van der Waals surface area contributed by atoms with Crippen LogP contribution in [0.4, 0.5) is 4.79 Å². The number of hydrogen-bond acceptors (Lipinski definition) is 4. The van der Waals surface area contributed by atoms with Crippen LogP contribution in [-0.2, 0) is 9.84 Å². The Morgan fingerprint density at radius 1 is 1.08 bits per heavy atom. The van der Waals surface area contributed by atoms with Crippen molar-refractivity contribution in [2.75, 3.05) is 12.3 Å². The molecule has 140 valence electrons. The van der Waals surface area contributed by atoms with E-state index < -0.39 is 15.9 Å². The first-order valence-corrected chi connectivity index (χ1v) is 10.3. The van der Waals surface area contributed by atoms with Crippen molar-refractivity contribution in [3.8, 4) is 5.75 Å². The fraction of sp³-hybridized carbons (Fsp3) is 0.278. The Bertz CT molecular complexity index is 870. The van der Waals surface area contributed by atoms with Crippen LogP contribution >= 0.6 is 23.2 Å². The topological polar surface area (TPSA) is 63.7 Å². The number of amides is 1. The molecule has 1 amide bonds. The van der Waals surface area contributed by atoms with Crippen molar-refractivity contribution in [1.82, 2.24) is 4.90 Å². The fourth-order valence-electron chi connectivity index (χ4n) is 2.21. The standard InChI is InChI=1S/C18H19Cl2NO4S/c1-13(2)21(18(22)25-14-6-4-3-5-7-14)10-11-26(23,24)15-8-9-16(19)17(20)12-15/h3-9,12-13H,10-11H2,1-2H3. The highest BCUT2D eigenvalue weighted by Crippen LogP contribution is 2.25. The molecule has 26 heavy (non-hydrogen) atoms. The predicted molar refractivity (Wildman–Crippen MR) is 103 cm³/mol. The molecule has 0 saturated carbocycles. The van der Waals surface area contributed by atoms with Crippen LogP contribution in [0.2, 0.25) is 10.0 Å². The van der Waals surface area contributed by atoms with Gasteiger partial charge in [0.25, 0.3) is 0 Å². The van der Waals surface area contributed by atoms with Crippen LogP contribution in [0.25, 0.3) is 0 Å². The maximum Gasteiger partial charge on any atom is 0.415 e. The van der Waals surface area contributed by atoms with Crippen LogP contribution in [0.5, 0.6) is 5.75 Å². The Balaban J connectivity index is 2.09. The minimum atomic E-state index is -3.63. The van der Waals surface area contributed by atoms with Crippen LogP contribution in [0.15, 0.2) is 53.4 Å². The second-order valence-corrected chi connectivity index (χ2v) is 8.79. The molecule has 0 aliphatic carbocycles. The highest BCUT2D eigenvalue weighted by atomic mass is 35.5. The molecule has 0 atom stereocenters. The number of benzene rings is 2. The Hall–Kier alpha value is -1.76. The number of rotatable bonds is 6. The van der Waals surface area contributed by atoms with E-state index in [1.807, 2.05) is 0 Å². The molecule has 0 aliphatic heterocycles. The number of sulfone groups is 1. The monoisotopic (exact) mass is 415 g/mol. The lowest BCUT2D eigenvalue weighted by molar-refractivity contribution is 0.142. The smallest absolute Gasteiger partial charge is 0.410 e. The zero-order valence-electron chi connectivity index (χ0n) is 14.4. The Labute approximate surface area is 163 Å². The van der Waals surface area contributed by atoms with Gasteiger partial charge in [-0.15, -0.1) is 0 Å². The summed E-state index contributed by atoms with van der Waals surface area (Å²) in [6.45, 7) is 3.57. The van der Waals surface area contributed by atoms with Crippen molar-refractivity contribution in [1.29, 1.82) is 0 Å². The van der Waals surface area contributed by atoms with Crippen molar-refractivity contribution < 1.29 is 17.9 Å². The zero-order valence-corrected chi connectivity index (χ0v) is 16.7. The molecule has 2 aromatic rings. The molecule has 8 heteroatoms. The largest absolute Gasteiger partial charge is 0.415 e. The molecule has 0 heterocycles. The van der Waals surface area contributed by atoms with Crippen molar-refractivity contribution in [2.45, 2.75) is 24.8 Å². The number of carbonyl (C=O) groups is 1. The molecule has 0 saturated heterocycles. The van der Waals surface area contributed by atoms with E-state index in [0.717, 1.165) is 0 Å². The fourth-order valence-corrected chi connectivity index (χ4v) is 3.82. The summed E-state index contributed by atoms with van der Waals surface area (Å²) in [5, 5.41) is 0.442. The molecular formula is C18H19Cl2NO4S. The van der Waals surface area contributed by atoms with E-state index in [-0.39, 0.29) is 33.3 Å². The third-order valence-corrected chi connectivity index (χ3v) is 6.09. The second-order valence-electron chi connectivity index (χ2n) is 5.86. The lowest BCUT2D eigenvalue weighted by atomic mass is 10.3. The first-order valence-electron chi connectivity index (χ1n) is 7.92. The highest BCUT2D eigenvalue weighted by molar-refractivity contribution is 7.91. The molecule has 0 aromatic heterocycles. The van der Waals surface area contributed by atoms with Crippen LogP contribution in [0.1, 0.15) is 13.8 Å². The third kappa shape index (κ3) is 5.37. The van der Waals surface area contributed by atoms with Gasteiger partial charge in [0.05, 0.1) is 20.7 Å². The van der Waals surface area contributed by atoms with E-state index in [1.54, 1.807) is 44.2 Å². The van der Waals surface area contributed by atoms with Gasteiger partial charge >= 0.3 is 6.09 Å². The average Bonchev–Trinajstić information content (AvgIpc) is 2.57. The number of ether oxygens (including phenoxy) is 1. The van der Waals surface area contributed by atoms with Gasteiger partial charge in [0.2, 0.25) is 0 Å². The van der Waals surface area contributed by atoms with Gasteiger partial charge in [-0.05, 0) is 44.2 Å². The van der Waals surface area contributed by atoms with E-state index in [4.69, 9.17) is 27.9 Å². The maximum absolute atomic E-state index is 12.5. The summed E-state index contributed by atoms with van der Waals surface area (Å²) in [5.41, 5.74) is 0. The highest BCUT2D eigenvalue weighted by Gasteiger charge is 2.23. The molecule has 0 N–H and O–H groups in total. The maximum atomic E-state index is 12.5. The molecule has 0 fully saturated rings. The van der Waals surface area contributed by atoms with Gasteiger partial charge in [0, 0.05) is 12.6 Å². The molecular weight excluding hydrogens is 397 g/mol. The summed E-state index contributed by atoms with van der Waals surface area (Å²) in [4.78, 5) is 13.8. The van der Waals surface area contributed by atoms with Crippen molar-refractivity contribution in [3.05, 3.63) is 58.6 Å². The van der Waals surface area contributed by atoms with Gasteiger partial charge in [-0.2, -0.15) is 0 Å². The van der Waals surface area contributed by atoms with Crippen molar-refractivity contribution >= 4 is 39.1 Å². The minimum Gasteiger partial charge on any atom is -0.410 e. The summed E-state index contributed by atoms with van der Waals surface area (Å²) in [7, 11) is -3.63. The van der Waals surface area contributed by atoms with Crippen LogP contribution in [0, 0.1) is 0 Å². The lowest BCUT2D eigenvalue weighted by Gasteiger charge is -2.25. The molecule has 2 rings (SSSR count). The van der Waals surface area contributed by atoms with Crippen LogP contribution in [-0.4, -0.2) is 37.8 Å². The Morgan fingerprint density at radius 3 is 2.31 bits per heavy atom. The summed E-state index contributed by atoms with van der Waals surface area (Å²) in [6, 6.07) is 12.5. The number of carbonyl (C=O) groups excluding carboxylic acids is 1. The van der Waals surface area contributed by atoms with Gasteiger partial charge in [-0.3, -0.25) is 0 Å². The van der Waals surface area contributed by atoms with Gasteiger partial charge < -0.3 is 9.64 Å². The van der Waals surface area contributed by atoms with E-state index in [0.29, 0.717) is 5.75 Å². The van der Waals surface area contributed by atoms with Crippen LogP contribution in [0.3, 0.4) is 0 Å². The third-order valence-electron chi connectivity index (χ3n) is 3.66.